The van der Waals surface area contributed by atoms with Gasteiger partial charge >= 0.3 is 0 Å². The third-order valence-electron chi connectivity index (χ3n) is 4.68. The Morgan fingerprint density at radius 1 is 0.969 bits per heavy atom. The Morgan fingerprint density at radius 2 is 1.66 bits per heavy atom. The molecule has 0 spiro atoms. The lowest BCUT2D eigenvalue weighted by Crippen LogP contribution is -2.25. The molecule has 0 radical (unpaired) electrons. The Labute approximate surface area is 193 Å². The number of carbonyl (C=O) groups is 1. The van der Waals surface area contributed by atoms with E-state index in [2.05, 4.69) is 17.0 Å². The van der Waals surface area contributed by atoms with Crippen LogP contribution in [-0.4, -0.2) is 20.9 Å². The number of unbranched alkanes of at least 4 members (excludes halogenated alkanes) is 1. The topological polar surface area (TPSA) is 84.5 Å². The summed E-state index contributed by atoms with van der Waals surface area (Å²) in [6, 6.07) is 19.8. The molecule has 0 heterocycles. The average molecular weight is 473 g/mol. The first-order valence-electron chi connectivity index (χ1n) is 10.3. The molecule has 0 fully saturated rings. The van der Waals surface area contributed by atoms with E-state index >= 15 is 0 Å². The molecule has 0 aliphatic rings. The molecule has 0 aliphatic heterocycles. The van der Waals surface area contributed by atoms with Crippen molar-refractivity contribution in [1.82, 2.24) is 5.32 Å². The summed E-state index contributed by atoms with van der Waals surface area (Å²) in [5.74, 6) is 0.220. The number of rotatable bonds is 10. The number of halogens is 1. The summed E-state index contributed by atoms with van der Waals surface area (Å²) in [7, 11) is -3.88. The number of benzene rings is 3. The molecule has 6 nitrogen and oxygen atoms in total. The van der Waals surface area contributed by atoms with Crippen LogP contribution in [0.15, 0.2) is 77.7 Å². The summed E-state index contributed by atoms with van der Waals surface area (Å²) < 4.78 is 33.8. The lowest BCUT2D eigenvalue weighted by Gasteiger charge is -2.13. The van der Waals surface area contributed by atoms with E-state index in [0.717, 1.165) is 18.4 Å². The minimum atomic E-state index is -3.88. The molecule has 8 heteroatoms. The number of amides is 1. The predicted molar refractivity (Wildman–Crippen MR) is 127 cm³/mol. The van der Waals surface area contributed by atoms with Gasteiger partial charge in [-0.15, -0.1) is 0 Å². The van der Waals surface area contributed by atoms with Crippen molar-refractivity contribution in [3.8, 4) is 5.75 Å². The van der Waals surface area contributed by atoms with Gasteiger partial charge in [-0.1, -0.05) is 49.2 Å². The first-order valence-corrected chi connectivity index (χ1v) is 12.1. The molecule has 32 heavy (non-hydrogen) atoms. The van der Waals surface area contributed by atoms with Crippen molar-refractivity contribution < 1.29 is 17.9 Å². The number of hydrogen-bond acceptors (Lipinski definition) is 4. The zero-order chi connectivity index (χ0) is 23.0. The molecule has 3 aromatic rings. The molecule has 2 N–H and O–H groups in total. The standard InChI is InChI=1S/C24H25ClN2O4S/c1-2-3-16-31-20-12-14-21(15-13-20)32(29,30)27-23-7-5-4-6-22(23)24(28)26-17-18-8-10-19(25)11-9-18/h4-15,27H,2-3,16-17H2,1H3,(H,26,28). The first kappa shape index (κ1) is 23.6. The van der Waals surface area contributed by atoms with Gasteiger partial charge in [-0.3, -0.25) is 9.52 Å². The maximum absolute atomic E-state index is 12.9. The Balaban J connectivity index is 1.70. The van der Waals surface area contributed by atoms with Gasteiger partial charge in [-0.25, -0.2) is 8.42 Å². The van der Waals surface area contributed by atoms with Crippen molar-refractivity contribution in [3.05, 3.63) is 88.9 Å². The van der Waals surface area contributed by atoms with Crippen LogP contribution in [-0.2, 0) is 16.6 Å². The number of para-hydroxylation sites is 1. The van der Waals surface area contributed by atoms with E-state index < -0.39 is 15.9 Å². The second kappa shape index (κ2) is 11.0. The van der Waals surface area contributed by atoms with Crippen LogP contribution in [0.5, 0.6) is 5.75 Å². The van der Waals surface area contributed by atoms with Crippen LogP contribution < -0.4 is 14.8 Å². The highest BCUT2D eigenvalue weighted by Gasteiger charge is 2.18. The molecule has 3 rings (SSSR count). The number of carbonyl (C=O) groups excluding carboxylic acids is 1. The number of sulfonamides is 1. The van der Waals surface area contributed by atoms with E-state index in [9.17, 15) is 13.2 Å². The summed E-state index contributed by atoms with van der Waals surface area (Å²) in [6.45, 7) is 2.94. The fraction of sp³-hybridized carbons (Fsp3) is 0.208. The lowest BCUT2D eigenvalue weighted by molar-refractivity contribution is 0.0952. The normalized spacial score (nSPS) is 11.1. The first-order chi connectivity index (χ1) is 15.4. The molecule has 0 bridgehead atoms. The van der Waals surface area contributed by atoms with Gasteiger partial charge < -0.3 is 10.1 Å². The van der Waals surface area contributed by atoms with Gasteiger partial charge in [0, 0.05) is 11.6 Å². The van der Waals surface area contributed by atoms with E-state index in [1.807, 2.05) is 12.1 Å². The quantitative estimate of drug-likeness (QED) is 0.395. The third kappa shape index (κ3) is 6.48. The molecular formula is C24H25ClN2O4S. The van der Waals surface area contributed by atoms with Crippen LogP contribution in [0.3, 0.4) is 0 Å². The maximum atomic E-state index is 12.9. The molecule has 0 saturated carbocycles. The third-order valence-corrected chi connectivity index (χ3v) is 6.32. The highest BCUT2D eigenvalue weighted by Crippen LogP contribution is 2.22. The molecule has 168 valence electrons. The van der Waals surface area contributed by atoms with Gasteiger partial charge in [-0.2, -0.15) is 0 Å². The fourth-order valence-corrected chi connectivity index (χ4v) is 4.11. The van der Waals surface area contributed by atoms with E-state index in [0.29, 0.717) is 17.4 Å². The summed E-state index contributed by atoms with van der Waals surface area (Å²) in [4.78, 5) is 12.8. The van der Waals surface area contributed by atoms with Gasteiger partial charge in [0.25, 0.3) is 15.9 Å². The Kier molecular flexibility index (Phi) is 8.14. The minimum Gasteiger partial charge on any atom is -0.494 e. The summed E-state index contributed by atoms with van der Waals surface area (Å²) >= 11 is 5.88. The number of anilines is 1. The molecule has 0 unspecified atom stereocenters. The smallest absolute Gasteiger partial charge is 0.261 e. The zero-order valence-corrected chi connectivity index (χ0v) is 19.2. The van der Waals surface area contributed by atoms with Gasteiger partial charge in [0.1, 0.15) is 5.75 Å². The second-order valence-corrected chi connectivity index (χ2v) is 9.25. The molecule has 0 aliphatic carbocycles. The van der Waals surface area contributed by atoms with E-state index in [1.54, 1.807) is 48.5 Å². The summed E-state index contributed by atoms with van der Waals surface area (Å²) in [5, 5.41) is 3.41. The Morgan fingerprint density at radius 3 is 2.34 bits per heavy atom. The van der Waals surface area contributed by atoms with Crippen LogP contribution in [0.2, 0.25) is 5.02 Å². The predicted octanol–water partition coefficient (Wildman–Crippen LogP) is 5.25. The van der Waals surface area contributed by atoms with Gasteiger partial charge in [-0.05, 0) is 60.5 Å². The molecule has 0 saturated heterocycles. The highest BCUT2D eigenvalue weighted by molar-refractivity contribution is 7.92. The van der Waals surface area contributed by atoms with Crippen molar-refractivity contribution in [2.45, 2.75) is 31.2 Å². The number of nitrogens with one attached hydrogen (secondary N) is 2. The Bertz CT molecular complexity index is 1150. The van der Waals surface area contributed by atoms with Gasteiger partial charge in [0.15, 0.2) is 0 Å². The maximum Gasteiger partial charge on any atom is 0.261 e. The summed E-state index contributed by atoms with van der Waals surface area (Å²) in [5.41, 5.74) is 1.30. The minimum absolute atomic E-state index is 0.0803. The molecule has 0 aromatic heterocycles. The monoisotopic (exact) mass is 472 g/mol. The molecule has 3 aromatic carbocycles. The van der Waals surface area contributed by atoms with Crippen LogP contribution in [0.1, 0.15) is 35.7 Å². The molecular weight excluding hydrogens is 448 g/mol. The highest BCUT2D eigenvalue weighted by atomic mass is 35.5. The molecule has 1 amide bonds. The van der Waals surface area contributed by atoms with Crippen molar-refractivity contribution in [2.75, 3.05) is 11.3 Å². The molecule has 0 atom stereocenters. The zero-order valence-electron chi connectivity index (χ0n) is 17.7. The van der Waals surface area contributed by atoms with Crippen molar-refractivity contribution in [1.29, 1.82) is 0 Å². The van der Waals surface area contributed by atoms with Crippen LogP contribution in [0.25, 0.3) is 0 Å². The number of ether oxygens (including phenoxy) is 1. The second-order valence-electron chi connectivity index (χ2n) is 7.13. The number of hydrogen-bond donors (Lipinski definition) is 2. The van der Waals surface area contributed by atoms with E-state index in [-0.39, 0.29) is 22.7 Å². The van der Waals surface area contributed by atoms with E-state index in [4.69, 9.17) is 16.3 Å². The van der Waals surface area contributed by atoms with Crippen molar-refractivity contribution in [2.24, 2.45) is 0 Å². The van der Waals surface area contributed by atoms with Crippen LogP contribution in [0.4, 0.5) is 5.69 Å². The van der Waals surface area contributed by atoms with Crippen LogP contribution in [0, 0.1) is 0 Å². The fourth-order valence-electron chi connectivity index (χ4n) is 2.90. The summed E-state index contributed by atoms with van der Waals surface area (Å²) in [6.07, 6.45) is 1.95. The Hall–Kier alpha value is -3.03. The van der Waals surface area contributed by atoms with Crippen LogP contribution >= 0.6 is 11.6 Å². The van der Waals surface area contributed by atoms with E-state index in [1.165, 1.54) is 12.1 Å². The lowest BCUT2D eigenvalue weighted by atomic mass is 10.1. The largest absolute Gasteiger partial charge is 0.494 e. The van der Waals surface area contributed by atoms with Crippen molar-refractivity contribution >= 4 is 33.2 Å². The average Bonchev–Trinajstić information content (AvgIpc) is 2.79. The van der Waals surface area contributed by atoms with Gasteiger partial charge in [0.2, 0.25) is 0 Å². The van der Waals surface area contributed by atoms with Crippen molar-refractivity contribution in [3.63, 3.8) is 0 Å². The van der Waals surface area contributed by atoms with Gasteiger partial charge in [0.05, 0.1) is 22.8 Å². The SMILES string of the molecule is CCCCOc1ccc(S(=O)(=O)Nc2ccccc2C(=O)NCc2ccc(Cl)cc2)cc1.